The normalized spacial score (nSPS) is 10.1. The summed E-state index contributed by atoms with van der Waals surface area (Å²) in [5, 5.41) is 9.03. The molecule has 2 rings (SSSR count). The number of aromatic nitrogens is 2. The van der Waals surface area contributed by atoms with Crippen LogP contribution in [0.4, 0.5) is 0 Å². The molecule has 0 saturated heterocycles. The van der Waals surface area contributed by atoms with Crippen molar-refractivity contribution in [3.05, 3.63) is 35.3 Å². The largest absolute Gasteiger partial charge is 0.461 e. The lowest BCUT2D eigenvalue weighted by atomic mass is 10.1. The summed E-state index contributed by atoms with van der Waals surface area (Å²) >= 11 is 0. The van der Waals surface area contributed by atoms with Crippen LogP contribution >= 0.6 is 0 Å². The molecular weight excluding hydrogens is 202 g/mol. The topological polar surface area (TPSA) is 62.7 Å². The Morgan fingerprint density at radius 2 is 2.25 bits per heavy atom. The van der Waals surface area contributed by atoms with Crippen molar-refractivity contribution >= 4 is 0 Å². The van der Waals surface area contributed by atoms with Crippen LogP contribution in [-0.4, -0.2) is 9.97 Å². The van der Waals surface area contributed by atoms with E-state index < -0.39 is 0 Å². The molecule has 4 heteroatoms. The molecule has 0 atom stereocenters. The standard InChI is InChI=1S/C12H11N3O/c1-3-9-8(2)14-12(15-10(9)7-13)11-5-4-6-16-11/h4-6H,3H2,1-2H3. The van der Waals surface area contributed by atoms with E-state index in [2.05, 4.69) is 16.0 Å². The van der Waals surface area contributed by atoms with E-state index in [1.807, 2.05) is 13.8 Å². The third-order valence-electron chi connectivity index (χ3n) is 2.41. The van der Waals surface area contributed by atoms with Gasteiger partial charge in [-0.3, -0.25) is 0 Å². The molecule has 16 heavy (non-hydrogen) atoms. The summed E-state index contributed by atoms with van der Waals surface area (Å²) in [5.74, 6) is 1.05. The molecule has 2 aromatic rings. The van der Waals surface area contributed by atoms with Gasteiger partial charge in [0.1, 0.15) is 11.8 Å². The molecular formula is C12H11N3O. The Bertz CT molecular complexity index is 538. The van der Waals surface area contributed by atoms with Crippen LogP contribution in [0.3, 0.4) is 0 Å². The Morgan fingerprint density at radius 3 is 2.81 bits per heavy atom. The van der Waals surface area contributed by atoms with E-state index in [9.17, 15) is 0 Å². The summed E-state index contributed by atoms with van der Waals surface area (Å²) in [4.78, 5) is 8.54. The second kappa shape index (κ2) is 4.15. The number of aryl methyl sites for hydroxylation is 1. The molecule has 2 heterocycles. The van der Waals surface area contributed by atoms with Gasteiger partial charge in [0.05, 0.1) is 6.26 Å². The Morgan fingerprint density at radius 1 is 1.44 bits per heavy atom. The van der Waals surface area contributed by atoms with Gasteiger partial charge in [0, 0.05) is 11.3 Å². The van der Waals surface area contributed by atoms with Crippen LogP contribution in [0.5, 0.6) is 0 Å². The highest BCUT2D eigenvalue weighted by atomic mass is 16.3. The van der Waals surface area contributed by atoms with Crippen LogP contribution in [0.25, 0.3) is 11.6 Å². The molecule has 0 aliphatic heterocycles. The Kier molecular flexibility index (Phi) is 2.69. The summed E-state index contributed by atoms with van der Waals surface area (Å²) in [6.07, 6.45) is 2.32. The number of rotatable bonds is 2. The van der Waals surface area contributed by atoms with E-state index >= 15 is 0 Å². The fourth-order valence-corrected chi connectivity index (χ4v) is 1.63. The van der Waals surface area contributed by atoms with E-state index in [0.717, 1.165) is 17.7 Å². The molecule has 0 unspecified atom stereocenters. The number of nitriles is 1. The van der Waals surface area contributed by atoms with Gasteiger partial charge in [-0.2, -0.15) is 5.26 Å². The number of hydrogen-bond donors (Lipinski definition) is 0. The molecule has 4 nitrogen and oxygen atoms in total. The second-order valence-corrected chi connectivity index (χ2v) is 3.40. The first-order valence-corrected chi connectivity index (χ1v) is 5.07. The highest BCUT2D eigenvalue weighted by Gasteiger charge is 2.12. The van der Waals surface area contributed by atoms with Gasteiger partial charge in [0.2, 0.25) is 0 Å². The number of nitrogens with zero attached hydrogens (tertiary/aromatic N) is 3. The summed E-state index contributed by atoms with van der Waals surface area (Å²) in [7, 11) is 0. The average Bonchev–Trinajstić information content (AvgIpc) is 2.81. The van der Waals surface area contributed by atoms with Crippen molar-refractivity contribution in [3.8, 4) is 17.7 Å². The first kappa shape index (κ1) is 10.4. The lowest BCUT2D eigenvalue weighted by Gasteiger charge is -2.05. The fraction of sp³-hybridized carbons (Fsp3) is 0.250. The van der Waals surface area contributed by atoms with Gasteiger partial charge in [-0.15, -0.1) is 0 Å². The minimum Gasteiger partial charge on any atom is -0.461 e. The van der Waals surface area contributed by atoms with Crippen molar-refractivity contribution in [1.29, 1.82) is 5.26 Å². The van der Waals surface area contributed by atoms with Crippen molar-refractivity contribution in [2.75, 3.05) is 0 Å². The van der Waals surface area contributed by atoms with Gasteiger partial charge in [-0.1, -0.05) is 6.92 Å². The zero-order chi connectivity index (χ0) is 11.5. The molecule has 0 amide bonds. The van der Waals surface area contributed by atoms with Gasteiger partial charge in [-0.25, -0.2) is 9.97 Å². The van der Waals surface area contributed by atoms with Crippen LogP contribution in [0.2, 0.25) is 0 Å². The maximum Gasteiger partial charge on any atom is 0.197 e. The van der Waals surface area contributed by atoms with E-state index in [4.69, 9.17) is 9.68 Å². The van der Waals surface area contributed by atoms with Gasteiger partial charge in [0.15, 0.2) is 11.6 Å². The summed E-state index contributed by atoms with van der Waals surface area (Å²) in [6.45, 7) is 3.87. The zero-order valence-corrected chi connectivity index (χ0v) is 9.19. The Labute approximate surface area is 93.6 Å². The minimum absolute atomic E-state index is 0.432. The molecule has 0 N–H and O–H groups in total. The highest BCUT2D eigenvalue weighted by Crippen LogP contribution is 2.19. The van der Waals surface area contributed by atoms with Crippen LogP contribution in [0.1, 0.15) is 23.9 Å². The fourth-order valence-electron chi connectivity index (χ4n) is 1.63. The Balaban J connectivity index is 2.60. The van der Waals surface area contributed by atoms with Crippen LogP contribution in [0, 0.1) is 18.3 Å². The molecule has 2 aromatic heterocycles. The van der Waals surface area contributed by atoms with Crippen molar-refractivity contribution in [3.63, 3.8) is 0 Å². The van der Waals surface area contributed by atoms with Crippen LogP contribution < -0.4 is 0 Å². The number of furan rings is 1. The average molecular weight is 213 g/mol. The first-order valence-electron chi connectivity index (χ1n) is 5.07. The van der Waals surface area contributed by atoms with Gasteiger partial charge in [0.25, 0.3) is 0 Å². The smallest absolute Gasteiger partial charge is 0.197 e. The molecule has 0 radical (unpaired) electrons. The van der Waals surface area contributed by atoms with Crippen molar-refractivity contribution in [2.45, 2.75) is 20.3 Å². The lowest BCUT2D eigenvalue weighted by Crippen LogP contribution is -2.02. The second-order valence-electron chi connectivity index (χ2n) is 3.40. The molecule has 80 valence electrons. The quantitative estimate of drug-likeness (QED) is 0.768. The van der Waals surface area contributed by atoms with Crippen LogP contribution in [0.15, 0.2) is 22.8 Å². The first-order chi connectivity index (χ1) is 7.76. The van der Waals surface area contributed by atoms with E-state index in [0.29, 0.717) is 17.3 Å². The summed E-state index contributed by atoms with van der Waals surface area (Å²) < 4.78 is 5.21. The third kappa shape index (κ3) is 1.68. The molecule has 0 saturated carbocycles. The van der Waals surface area contributed by atoms with Gasteiger partial charge in [-0.05, 0) is 25.5 Å². The minimum atomic E-state index is 0.432. The monoisotopic (exact) mass is 213 g/mol. The maximum atomic E-state index is 9.03. The van der Waals surface area contributed by atoms with E-state index in [1.165, 1.54) is 0 Å². The molecule has 0 fully saturated rings. The number of hydrogen-bond acceptors (Lipinski definition) is 4. The SMILES string of the molecule is CCc1c(C)nc(-c2ccco2)nc1C#N. The third-order valence-corrected chi connectivity index (χ3v) is 2.41. The molecule has 0 bridgehead atoms. The van der Waals surface area contributed by atoms with Gasteiger partial charge < -0.3 is 4.42 Å². The zero-order valence-electron chi connectivity index (χ0n) is 9.19. The predicted octanol–water partition coefficient (Wildman–Crippen LogP) is 2.48. The summed E-state index contributed by atoms with van der Waals surface area (Å²) in [6, 6.07) is 5.65. The van der Waals surface area contributed by atoms with Crippen molar-refractivity contribution < 1.29 is 4.42 Å². The molecule has 0 aliphatic rings. The van der Waals surface area contributed by atoms with Gasteiger partial charge >= 0.3 is 0 Å². The summed E-state index contributed by atoms with van der Waals surface area (Å²) in [5.41, 5.74) is 2.17. The lowest BCUT2D eigenvalue weighted by molar-refractivity contribution is 0.576. The molecule has 0 spiro atoms. The molecule has 0 aliphatic carbocycles. The van der Waals surface area contributed by atoms with E-state index in [1.54, 1.807) is 18.4 Å². The molecule has 0 aromatic carbocycles. The van der Waals surface area contributed by atoms with Crippen molar-refractivity contribution in [1.82, 2.24) is 9.97 Å². The maximum absolute atomic E-state index is 9.03. The highest BCUT2D eigenvalue weighted by molar-refractivity contribution is 5.50. The Hall–Kier alpha value is -2.15. The van der Waals surface area contributed by atoms with E-state index in [-0.39, 0.29) is 0 Å². The van der Waals surface area contributed by atoms with Crippen molar-refractivity contribution in [2.24, 2.45) is 0 Å². The predicted molar refractivity (Wildman–Crippen MR) is 58.6 cm³/mol. The van der Waals surface area contributed by atoms with Crippen LogP contribution in [-0.2, 0) is 6.42 Å².